The van der Waals surface area contributed by atoms with Crippen molar-refractivity contribution in [1.82, 2.24) is 0 Å². The summed E-state index contributed by atoms with van der Waals surface area (Å²) in [5, 5.41) is 12.8. The van der Waals surface area contributed by atoms with Gasteiger partial charge < -0.3 is 19.9 Å². The van der Waals surface area contributed by atoms with Crippen molar-refractivity contribution >= 4 is 5.69 Å². The van der Waals surface area contributed by atoms with E-state index in [2.05, 4.69) is 5.32 Å². The minimum absolute atomic E-state index is 0.0546. The highest BCUT2D eigenvalue weighted by atomic mass is 16.5. The molecule has 0 saturated carbocycles. The molecule has 0 aliphatic rings. The van der Waals surface area contributed by atoms with E-state index in [1.54, 1.807) is 6.92 Å². The van der Waals surface area contributed by atoms with Crippen LogP contribution in [0.5, 0.6) is 11.5 Å². The smallest absolute Gasteiger partial charge is 0.142 e. The van der Waals surface area contributed by atoms with Crippen molar-refractivity contribution in [2.75, 3.05) is 18.5 Å². The van der Waals surface area contributed by atoms with Gasteiger partial charge in [-0.2, -0.15) is 0 Å². The molecule has 0 fully saturated rings. The van der Waals surface area contributed by atoms with Crippen molar-refractivity contribution in [2.24, 2.45) is 0 Å². The number of aliphatic hydroxyl groups is 1. The molecule has 2 atom stereocenters. The highest BCUT2D eigenvalue weighted by Gasteiger charge is 2.12. The first-order chi connectivity index (χ1) is 8.58. The topological polar surface area (TPSA) is 50.7 Å². The van der Waals surface area contributed by atoms with Crippen molar-refractivity contribution in [3.63, 3.8) is 0 Å². The number of anilines is 1. The van der Waals surface area contributed by atoms with Gasteiger partial charge in [0.25, 0.3) is 0 Å². The highest BCUT2D eigenvalue weighted by molar-refractivity contribution is 5.60. The molecule has 0 spiro atoms. The molecular weight excluding hydrogens is 230 g/mol. The summed E-state index contributed by atoms with van der Waals surface area (Å²) in [5.41, 5.74) is 0.844. The van der Waals surface area contributed by atoms with Crippen LogP contribution in [0.15, 0.2) is 18.2 Å². The van der Waals surface area contributed by atoms with Gasteiger partial charge in [-0.3, -0.25) is 0 Å². The Balaban J connectivity index is 2.91. The van der Waals surface area contributed by atoms with Crippen LogP contribution in [0, 0.1) is 0 Å². The second-order valence-electron chi connectivity index (χ2n) is 4.20. The minimum Gasteiger partial charge on any atom is -0.494 e. The number of rotatable bonds is 7. The Morgan fingerprint density at radius 1 is 1.17 bits per heavy atom. The SMILES string of the molecule is CCOc1ccc(OCC)c(NC(C)C(C)O)c1. The fourth-order valence-corrected chi connectivity index (χ4v) is 1.53. The Labute approximate surface area is 109 Å². The monoisotopic (exact) mass is 253 g/mol. The van der Waals surface area contributed by atoms with Crippen molar-refractivity contribution in [3.05, 3.63) is 18.2 Å². The number of nitrogens with one attached hydrogen (secondary N) is 1. The van der Waals surface area contributed by atoms with E-state index in [0.717, 1.165) is 17.2 Å². The fourth-order valence-electron chi connectivity index (χ4n) is 1.53. The van der Waals surface area contributed by atoms with Crippen molar-refractivity contribution < 1.29 is 14.6 Å². The normalized spacial score (nSPS) is 13.8. The molecule has 2 unspecified atom stereocenters. The van der Waals surface area contributed by atoms with Gasteiger partial charge in [0.05, 0.1) is 25.0 Å². The lowest BCUT2D eigenvalue weighted by atomic mass is 10.2. The van der Waals surface area contributed by atoms with Crippen LogP contribution in [0.25, 0.3) is 0 Å². The predicted octanol–water partition coefficient (Wildman–Crippen LogP) is 2.67. The Kier molecular flexibility index (Phi) is 5.78. The van der Waals surface area contributed by atoms with Gasteiger partial charge in [-0.25, -0.2) is 0 Å². The molecule has 2 N–H and O–H groups in total. The summed E-state index contributed by atoms with van der Waals surface area (Å²) in [4.78, 5) is 0. The molecule has 0 radical (unpaired) electrons. The Morgan fingerprint density at radius 2 is 1.83 bits per heavy atom. The molecule has 0 aliphatic carbocycles. The molecule has 0 aromatic heterocycles. The van der Waals surface area contributed by atoms with E-state index in [1.165, 1.54) is 0 Å². The fraction of sp³-hybridized carbons (Fsp3) is 0.571. The summed E-state index contributed by atoms with van der Waals surface area (Å²) in [5.74, 6) is 1.56. The number of hydrogen-bond donors (Lipinski definition) is 2. The van der Waals surface area contributed by atoms with Gasteiger partial charge in [-0.05, 0) is 39.8 Å². The second kappa shape index (κ2) is 7.11. The van der Waals surface area contributed by atoms with E-state index < -0.39 is 6.10 Å². The third-order valence-electron chi connectivity index (χ3n) is 2.67. The molecule has 102 valence electrons. The summed E-state index contributed by atoms with van der Waals surface area (Å²) < 4.78 is 11.0. The van der Waals surface area contributed by atoms with E-state index in [4.69, 9.17) is 9.47 Å². The molecule has 4 heteroatoms. The maximum Gasteiger partial charge on any atom is 0.142 e. The largest absolute Gasteiger partial charge is 0.494 e. The van der Waals surface area contributed by atoms with Crippen LogP contribution in [-0.2, 0) is 0 Å². The Hall–Kier alpha value is -1.42. The molecular formula is C14H23NO3. The zero-order valence-corrected chi connectivity index (χ0v) is 11.6. The lowest BCUT2D eigenvalue weighted by Gasteiger charge is -2.20. The van der Waals surface area contributed by atoms with Crippen LogP contribution < -0.4 is 14.8 Å². The lowest BCUT2D eigenvalue weighted by molar-refractivity contribution is 0.177. The van der Waals surface area contributed by atoms with Crippen LogP contribution in [0.2, 0.25) is 0 Å². The molecule has 0 heterocycles. The van der Waals surface area contributed by atoms with Gasteiger partial charge in [-0.15, -0.1) is 0 Å². The maximum atomic E-state index is 9.54. The predicted molar refractivity (Wildman–Crippen MR) is 73.5 cm³/mol. The quantitative estimate of drug-likeness (QED) is 0.784. The van der Waals surface area contributed by atoms with Crippen LogP contribution >= 0.6 is 0 Å². The Bertz CT molecular complexity index is 366. The number of benzene rings is 1. The zero-order valence-electron chi connectivity index (χ0n) is 11.6. The average molecular weight is 253 g/mol. The van der Waals surface area contributed by atoms with Gasteiger partial charge in [0.15, 0.2) is 0 Å². The first kappa shape index (κ1) is 14.6. The van der Waals surface area contributed by atoms with Crippen LogP contribution in [0.1, 0.15) is 27.7 Å². The maximum absolute atomic E-state index is 9.54. The van der Waals surface area contributed by atoms with Crippen molar-refractivity contribution in [2.45, 2.75) is 39.8 Å². The molecule has 1 aromatic rings. The van der Waals surface area contributed by atoms with Crippen LogP contribution in [0.3, 0.4) is 0 Å². The van der Waals surface area contributed by atoms with Crippen molar-refractivity contribution in [1.29, 1.82) is 0 Å². The van der Waals surface area contributed by atoms with Gasteiger partial charge in [0.2, 0.25) is 0 Å². The first-order valence-electron chi connectivity index (χ1n) is 6.42. The molecule has 0 bridgehead atoms. The van der Waals surface area contributed by atoms with Crippen molar-refractivity contribution in [3.8, 4) is 11.5 Å². The number of hydrogen-bond acceptors (Lipinski definition) is 4. The van der Waals surface area contributed by atoms with E-state index in [0.29, 0.717) is 13.2 Å². The number of ether oxygens (including phenoxy) is 2. The van der Waals surface area contributed by atoms with Crippen LogP contribution in [-0.4, -0.2) is 30.5 Å². The third-order valence-corrected chi connectivity index (χ3v) is 2.67. The molecule has 0 aliphatic heterocycles. The molecule has 4 nitrogen and oxygen atoms in total. The lowest BCUT2D eigenvalue weighted by Crippen LogP contribution is -2.28. The van der Waals surface area contributed by atoms with E-state index >= 15 is 0 Å². The molecule has 18 heavy (non-hydrogen) atoms. The summed E-state index contributed by atoms with van der Waals surface area (Å²) in [6.45, 7) is 8.80. The third kappa shape index (κ3) is 4.11. The summed E-state index contributed by atoms with van der Waals surface area (Å²) in [6, 6.07) is 5.60. The molecule has 1 rings (SSSR count). The highest BCUT2D eigenvalue weighted by Crippen LogP contribution is 2.30. The molecule has 0 amide bonds. The summed E-state index contributed by atoms with van der Waals surface area (Å²) in [7, 11) is 0. The second-order valence-corrected chi connectivity index (χ2v) is 4.20. The molecule has 1 aromatic carbocycles. The van der Waals surface area contributed by atoms with Crippen LogP contribution in [0.4, 0.5) is 5.69 Å². The van der Waals surface area contributed by atoms with E-state index in [9.17, 15) is 5.11 Å². The summed E-state index contributed by atoms with van der Waals surface area (Å²) in [6.07, 6.45) is -0.435. The standard InChI is InChI=1S/C14H23NO3/c1-5-17-12-7-8-14(18-6-2)13(9-12)15-10(3)11(4)16/h7-11,15-16H,5-6H2,1-4H3. The Morgan fingerprint density at radius 3 is 2.39 bits per heavy atom. The van der Waals surface area contributed by atoms with Gasteiger partial charge >= 0.3 is 0 Å². The molecule has 0 saturated heterocycles. The van der Waals surface area contributed by atoms with Gasteiger partial charge in [0, 0.05) is 12.1 Å². The van der Waals surface area contributed by atoms with Gasteiger partial charge in [0.1, 0.15) is 11.5 Å². The zero-order chi connectivity index (χ0) is 13.5. The summed E-state index contributed by atoms with van der Waals surface area (Å²) >= 11 is 0. The van der Waals surface area contributed by atoms with Gasteiger partial charge in [-0.1, -0.05) is 0 Å². The average Bonchev–Trinajstić information content (AvgIpc) is 2.33. The minimum atomic E-state index is -0.435. The van der Waals surface area contributed by atoms with E-state index in [1.807, 2.05) is 39.0 Å². The van der Waals surface area contributed by atoms with E-state index in [-0.39, 0.29) is 6.04 Å². The number of aliphatic hydroxyl groups excluding tert-OH is 1. The first-order valence-corrected chi connectivity index (χ1v) is 6.42.